The second-order valence-electron chi connectivity index (χ2n) is 11.8. The number of nitrogens with one attached hydrogen (secondary N) is 3. The fourth-order valence-electron chi connectivity index (χ4n) is 7.01. The Bertz CT molecular complexity index is 1110. The molecule has 3 aliphatic carbocycles. The van der Waals surface area contributed by atoms with Crippen LogP contribution in [0, 0.1) is 23.2 Å². The van der Waals surface area contributed by atoms with Gasteiger partial charge in [-0.1, -0.05) is 37.6 Å². The van der Waals surface area contributed by atoms with Crippen molar-refractivity contribution in [2.24, 2.45) is 23.2 Å². The molecule has 1 saturated heterocycles. The molecule has 8 heteroatoms. The summed E-state index contributed by atoms with van der Waals surface area (Å²) in [6.45, 7) is 9.09. The van der Waals surface area contributed by atoms with E-state index in [1.54, 1.807) is 13.2 Å². The molecular formula is C28H39ClN6O. The van der Waals surface area contributed by atoms with Gasteiger partial charge in [0, 0.05) is 12.7 Å². The van der Waals surface area contributed by atoms with E-state index < -0.39 is 5.54 Å². The first-order chi connectivity index (χ1) is 17.1. The predicted octanol–water partition coefficient (Wildman–Crippen LogP) is 5.28. The van der Waals surface area contributed by atoms with Crippen molar-refractivity contribution in [1.29, 1.82) is 0 Å². The second kappa shape index (κ2) is 9.49. The van der Waals surface area contributed by atoms with E-state index in [1.165, 1.54) is 18.4 Å². The molecule has 0 unspecified atom stereocenters. The van der Waals surface area contributed by atoms with Crippen LogP contribution in [0.25, 0.3) is 0 Å². The van der Waals surface area contributed by atoms with Crippen molar-refractivity contribution < 1.29 is 4.79 Å². The third-order valence-corrected chi connectivity index (χ3v) is 9.77. The van der Waals surface area contributed by atoms with E-state index in [4.69, 9.17) is 16.6 Å². The van der Waals surface area contributed by atoms with E-state index in [9.17, 15) is 4.79 Å². The van der Waals surface area contributed by atoms with E-state index in [1.807, 2.05) is 0 Å². The maximum Gasteiger partial charge on any atom is 0.229 e. The smallest absolute Gasteiger partial charge is 0.229 e. The summed E-state index contributed by atoms with van der Waals surface area (Å²) in [6.07, 6.45) is 6.01. The molecule has 4 fully saturated rings. The lowest BCUT2D eigenvalue weighted by atomic mass is 9.40. The number of rotatable bonds is 6. The highest BCUT2D eigenvalue weighted by Crippen LogP contribution is 2.65. The molecule has 2 aromatic rings. The van der Waals surface area contributed by atoms with Crippen LogP contribution in [-0.4, -0.2) is 53.5 Å². The summed E-state index contributed by atoms with van der Waals surface area (Å²) in [5, 5.41) is 10.3. The van der Waals surface area contributed by atoms with Crippen LogP contribution in [0.3, 0.4) is 0 Å². The van der Waals surface area contributed by atoms with Gasteiger partial charge in [0.05, 0.1) is 17.7 Å². The average Bonchev–Trinajstić information content (AvgIpc) is 2.86. The highest BCUT2D eigenvalue weighted by Gasteiger charge is 2.64. The standard InChI is InChI=1S/C28H39ClN6O/c1-27(2)19-14-21(25(36)30-4)28(3,23(27)15-19)34-24-22(29)16-31-26(33-24)32-20-8-6-17(7-9-20)18-10-12-35(5)13-11-18/h6-9,16,18-19,21,23H,10-15H2,1-5H3,(H,30,36)(H2,31,32,33,34)/t19-,21-,23-,28+/m1/s1. The lowest BCUT2D eigenvalue weighted by Crippen LogP contribution is -2.69. The van der Waals surface area contributed by atoms with Crippen LogP contribution in [0.4, 0.5) is 17.5 Å². The van der Waals surface area contributed by atoms with E-state index in [0.717, 1.165) is 31.6 Å². The third kappa shape index (κ3) is 4.45. The number of carbonyl (C=O) groups excluding carboxylic acids is 1. The molecule has 1 aliphatic heterocycles. The first-order valence-electron chi connectivity index (χ1n) is 13.2. The zero-order chi connectivity index (χ0) is 25.7. The fourth-order valence-corrected chi connectivity index (χ4v) is 7.15. The van der Waals surface area contributed by atoms with E-state index in [2.05, 4.69) is 77.9 Å². The van der Waals surface area contributed by atoms with Gasteiger partial charge in [0.2, 0.25) is 11.9 Å². The number of halogens is 1. The number of hydrogen-bond donors (Lipinski definition) is 3. The summed E-state index contributed by atoms with van der Waals surface area (Å²) < 4.78 is 0. The minimum atomic E-state index is -0.455. The molecule has 2 heterocycles. The van der Waals surface area contributed by atoms with Crippen LogP contribution in [0.15, 0.2) is 30.5 Å². The monoisotopic (exact) mass is 510 g/mol. The van der Waals surface area contributed by atoms with Crippen molar-refractivity contribution in [3.05, 3.63) is 41.0 Å². The Morgan fingerprint density at radius 3 is 2.44 bits per heavy atom. The fraction of sp³-hybridized carbons (Fsp3) is 0.607. The molecule has 1 amide bonds. The summed E-state index contributed by atoms with van der Waals surface area (Å²) in [5.74, 6) is 2.51. The number of piperidine rings is 1. The Balaban J connectivity index is 1.34. The summed E-state index contributed by atoms with van der Waals surface area (Å²) in [7, 11) is 3.90. The molecule has 4 aliphatic rings. The van der Waals surface area contributed by atoms with Crippen molar-refractivity contribution in [2.45, 2.75) is 57.9 Å². The number of fused-ring (bicyclic) bond motifs is 2. The van der Waals surface area contributed by atoms with Gasteiger partial charge >= 0.3 is 0 Å². The summed E-state index contributed by atoms with van der Waals surface area (Å²) in [4.78, 5) is 24.4. The van der Waals surface area contributed by atoms with E-state index in [-0.39, 0.29) is 17.2 Å². The minimum Gasteiger partial charge on any atom is -0.362 e. The molecule has 4 atom stereocenters. The van der Waals surface area contributed by atoms with Crippen molar-refractivity contribution in [3.63, 3.8) is 0 Å². The summed E-state index contributed by atoms with van der Waals surface area (Å²) in [5.41, 5.74) is 2.04. The number of amides is 1. The number of nitrogens with zero attached hydrogens (tertiary/aromatic N) is 3. The van der Waals surface area contributed by atoms with Gasteiger partial charge in [-0.3, -0.25) is 4.79 Å². The van der Waals surface area contributed by atoms with Crippen molar-refractivity contribution in [2.75, 3.05) is 37.8 Å². The zero-order valence-corrected chi connectivity index (χ0v) is 22.8. The van der Waals surface area contributed by atoms with Crippen molar-refractivity contribution >= 4 is 35.0 Å². The Morgan fingerprint density at radius 1 is 1.11 bits per heavy atom. The number of aromatic nitrogens is 2. The van der Waals surface area contributed by atoms with Gasteiger partial charge in [0.15, 0.2) is 5.82 Å². The van der Waals surface area contributed by atoms with Crippen LogP contribution in [-0.2, 0) is 4.79 Å². The van der Waals surface area contributed by atoms with Gasteiger partial charge in [-0.2, -0.15) is 4.98 Å². The van der Waals surface area contributed by atoms with Gasteiger partial charge in [0.1, 0.15) is 5.02 Å². The topological polar surface area (TPSA) is 82.2 Å². The molecule has 6 rings (SSSR count). The molecule has 3 saturated carbocycles. The molecule has 2 bridgehead atoms. The molecule has 0 spiro atoms. The predicted molar refractivity (Wildman–Crippen MR) is 146 cm³/mol. The molecular weight excluding hydrogens is 472 g/mol. The Morgan fingerprint density at radius 2 is 1.81 bits per heavy atom. The van der Waals surface area contributed by atoms with Crippen LogP contribution in [0.5, 0.6) is 0 Å². The van der Waals surface area contributed by atoms with Gasteiger partial charge < -0.3 is 20.9 Å². The van der Waals surface area contributed by atoms with E-state index >= 15 is 0 Å². The van der Waals surface area contributed by atoms with Gasteiger partial charge in [-0.05, 0) is 93.6 Å². The van der Waals surface area contributed by atoms with Crippen LogP contribution < -0.4 is 16.0 Å². The molecule has 194 valence electrons. The second-order valence-corrected chi connectivity index (χ2v) is 12.2. The van der Waals surface area contributed by atoms with Crippen molar-refractivity contribution in [1.82, 2.24) is 20.2 Å². The number of anilines is 3. The summed E-state index contributed by atoms with van der Waals surface area (Å²) in [6, 6.07) is 8.61. The molecule has 0 radical (unpaired) electrons. The van der Waals surface area contributed by atoms with Crippen molar-refractivity contribution in [3.8, 4) is 0 Å². The number of benzene rings is 1. The van der Waals surface area contributed by atoms with Crippen LogP contribution >= 0.6 is 11.6 Å². The molecule has 1 aromatic carbocycles. The normalized spacial score (nSPS) is 29.8. The maximum absolute atomic E-state index is 12.9. The highest BCUT2D eigenvalue weighted by atomic mass is 35.5. The molecule has 36 heavy (non-hydrogen) atoms. The van der Waals surface area contributed by atoms with Gasteiger partial charge in [-0.25, -0.2) is 4.98 Å². The highest BCUT2D eigenvalue weighted by molar-refractivity contribution is 6.32. The zero-order valence-electron chi connectivity index (χ0n) is 22.1. The minimum absolute atomic E-state index is 0.0726. The Kier molecular flexibility index (Phi) is 6.66. The lowest BCUT2D eigenvalue weighted by Gasteiger charge is -2.66. The maximum atomic E-state index is 12.9. The third-order valence-electron chi connectivity index (χ3n) is 9.49. The number of carbonyl (C=O) groups is 1. The molecule has 1 aromatic heterocycles. The largest absolute Gasteiger partial charge is 0.362 e. The Hall–Kier alpha value is -2.38. The SMILES string of the molecule is CNC(=O)[C@H]1C[C@@H]2C[C@H](C2(C)C)[C@@]1(C)Nc1nc(Nc2ccc(C3CCN(C)CC3)cc2)ncc1Cl. The van der Waals surface area contributed by atoms with Crippen LogP contribution in [0.2, 0.25) is 5.02 Å². The number of hydrogen-bond acceptors (Lipinski definition) is 6. The Labute approximate surface area is 219 Å². The first-order valence-corrected chi connectivity index (χ1v) is 13.6. The molecule has 3 N–H and O–H groups in total. The van der Waals surface area contributed by atoms with Gasteiger partial charge in [0.25, 0.3) is 0 Å². The van der Waals surface area contributed by atoms with E-state index in [0.29, 0.717) is 34.5 Å². The first kappa shape index (κ1) is 25.3. The lowest BCUT2D eigenvalue weighted by molar-refractivity contribution is -0.155. The number of likely N-dealkylation sites (tertiary alicyclic amines) is 1. The summed E-state index contributed by atoms with van der Waals surface area (Å²) >= 11 is 6.57. The van der Waals surface area contributed by atoms with Crippen LogP contribution in [0.1, 0.15) is 57.9 Å². The van der Waals surface area contributed by atoms with Gasteiger partial charge in [-0.15, -0.1) is 0 Å². The quantitative estimate of drug-likeness (QED) is 0.490. The average molecular weight is 511 g/mol. The molecule has 7 nitrogen and oxygen atoms in total.